The molecule has 0 unspecified atom stereocenters. The molecule has 0 saturated carbocycles. The summed E-state index contributed by atoms with van der Waals surface area (Å²) in [6.07, 6.45) is 0.772. The van der Waals surface area contributed by atoms with Gasteiger partial charge in [0.2, 0.25) is 17.5 Å². The van der Waals surface area contributed by atoms with Gasteiger partial charge in [-0.25, -0.2) is 31.9 Å². The molecule has 0 saturated heterocycles. The molecule has 6 rings (SSSR count). The Kier molecular flexibility index (Phi) is 16.6. The van der Waals surface area contributed by atoms with E-state index < -0.39 is 81.1 Å². The van der Waals surface area contributed by atoms with Crippen LogP contribution in [0, 0.1) is 58.2 Å². The molecule has 0 bridgehead atoms. The fourth-order valence-corrected chi connectivity index (χ4v) is 5.84. The summed E-state index contributed by atoms with van der Waals surface area (Å²) in [5.41, 5.74) is -1.91. The van der Waals surface area contributed by atoms with Gasteiger partial charge < -0.3 is 4.74 Å². The Hall–Kier alpha value is -5.65. The van der Waals surface area contributed by atoms with E-state index in [1.54, 1.807) is 48.5 Å². The van der Waals surface area contributed by atoms with Crippen molar-refractivity contribution in [1.82, 2.24) is 9.97 Å². The van der Waals surface area contributed by atoms with Crippen molar-refractivity contribution >= 4 is 63.1 Å². The third-order valence-corrected chi connectivity index (χ3v) is 9.17. The third-order valence-electron chi connectivity index (χ3n) is 8.00. The molecule has 0 aliphatic carbocycles. The Morgan fingerprint density at radius 2 is 1.05 bits per heavy atom. The van der Waals surface area contributed by atoms with Crippen molar-refractivity contribution in [3.63, 3.8) is 0 Å². The number of rotatable bonds is 10. The van der Waals surface area contributed by atoms with Gasteiger partial charge in [0.05, 0.1) is 24.6 Å². The Labute approximate surface area is 371 Å². The molecule has 6 aromatic rings. The van der Waals surface area contributed by atoms with Gasteiger partial charge in [0, 0.05) is 22.6 Å². The first-order valence-electron chi connectivity index (χ1n) is 16.4. The zero-order valence-electron chi connectivity index (χ0n) is 30.6. The van der Waals surface area contributed by atoms with E-state index in [1.807, 2.05) is 6.07 Å². The van der Waals surface area contributed by atoms with Crippen LogP contribution in [0.3, 0.4) is 0 Å². The molecular weight excluding hydrogens is 984 g/mol. The number of ether oxygens (including phenoxy) is 2. The van der Waals surface area contributed by atoms with Crippen molar-refractivity contribution in [3.8, 4) is 34.1 Å². The van der Waals surface area contributed by atoms with Gasteiger partial charge in [0.15, 0.2) is 23.3 Å². The van der Waals surface area contributed by atoms with Crippen molar-refractivity contribution in [2.24, 2.45) is 9.98 Å². The zero-order valence-corrected chi connectivity index (χ0v) is 34.0. The molecule has 0 N–H and O–H groups in total. The zero-order chi connectivity index (χ0) is 44.9. The summed E-state index contributed by atoms with van der Waals surface area (Å²) in [5.74, 6) is -24.3. The summed E-state index contributed by atoms with van der Waals surface area (Å²) in [5, 5.41) is -0.703. The van der Waals surface area contributed by atoms with Crippen LogP contribution in [0.5, 0.6) is 11.8 Å². The molecule has 8 nitrogen and oxygen atoms in total. The second-order valence-corrected chi connectivity index (χ2v) is 12.9. The maximum absolute atomic E-state index is 13.9. The van der Waals surface area contributed by atoms with Crippen molar-refractivity contribution in [1.29, 1.82) is 0 Å². The van der Waals surface area contributed by atoms with Gasteiger partial charge in [-0.05, 0) is 12.1 Å². The van der Waals surface area contributed by atoms with E-state index in [0.717, 1.165) is 5.56 Å². The van der Waals surface area contributed by atoms with E-state index in [4.69, 9.17) is 48.1 Å². The predicted octanol–water partition coefficient (Wildman–Crippen LogP) is 10.6. The minimum atomic E-state index is -2.36. The van der Waals surface area contributed by atoms with Crippen LogP contribution < -0.4 is 14.0 Å². The number of methoxy groups -OCH3 is 2. The largest absolute Gasteiger partial charge is 0 e. The summed E-state index contributed by atoms with van der Waals surface area (Å²) in [6.45, 7) is 0. The van der Waals surface area contributed by atoms with Gasteiger partial charge in [-0.2, -0.15) is 0 Å². The summed E-state index contributed by atoms with van der Waals surface area (Å²) in [7, 11) is 2.50. The molecule has 0 aliphatic rings. The second kappa shape index (κ2) is 20.9. The van der Waals surface area contributed by atoms with Crippen molar-refractivity contribution in [2.45, 2.75) is 0 Å². The number of nitrogens with zero attached hydrogens (tertiary/aromatic N) is 4. The van der Waals surface area contributed by atoms with Crippen LogP contribution in [0.25, 0.3) is 22.4 Å². The normalized spacial score (nSPS) is 11.0. The number of carbonyl (C=O) groups excluding carboxylic acids is 2. The van der Waals surface area contributed by atoms with Crippen molar-refractivity contribution in [3.05, 3.63) is 146 Å². The maximum Gasteiger partial charge on any atom is 0 e. The quantitative estimate of drug-likeness (QED) is 0.0258. The number of benzene rings is 4. The number of aromatic nitrogens is 2. The van der Waals surface area contributed by atoms with Crippen molar-refractivity contribution < 1.29 is 95.5 Å². The van der Waals surface area contributed by atoms with E-state index in [2.05, 4.69) is 20.0 Å². The molecule has 328 valence electrons. The SMILES string of the molecule is COc1nc(-c2ccccc2)ccc1C(=O)C=Nc1c(F)c(F)c(F)c(F)c1F.COc1nc(Cl)c(Cl)c(C(=O)C=Nc2c(F)c(F)c(F)c(F)c2F)c1-c1cccc[c]1[Ni].[Cu]. The smallest absolute Gasteiger partial charge is 0 e. The van der Waals surface area contributed by atoms with E-state index in [0.29, 0.717) is 28.2 Å². The predicted molar refractivity (Wildman–Crippen MR) is 200 cm³/mol. The minimum Gasteiger partial charge on any atom is 0 e. The first kappa shape index (κ1) is 49.0. The van der Waals surface area contributed by atoms with Crippen LogP contribution in [0.1, 0.15) is 20.7 Å². The van der Waals surface area contributed by atoms with Gasteiger partial charge in [0.1, 0.15) is 5.69 Å². The molecule has 62 heavy (non-hydrogen) atoms. The van der Waals surface area contributed by atoms with Gasteiger partial charge >= 0.3 is 196 Å². The molecular formula is C40H19Cl2CuF10N4NiO4. The average Bonchev–Trinajstić information content (AvgIpc) is 3.27. The first-order chi connectivity index (χ1) is 28.9. The summed E-state index contributed by atoms with van der Waals surface area (Å²) >= 11 is 17.0. The standard InChI is InChI=1S/C20H8Cl2F5N2O2.C20H11F5N2O2.Cu.Ni/c1-31-20-10(8-5-3-2-4-6-8)11(12(21)19(22)29-20)9(30)7-28-18-16(26)14(24)13(23)15(25)17(18)27;1-29-20-11(7-8-12(27-20)10-5-3-2-4-6-10)13(28)9-26-19-17(24)15(22)14(21)16(23)18(19)25;;/h2-5,7H,1H3;2-9H,1H3;;. The van der Waals surface area contributed by atoms with Crippen LogP contribution in [0.2, 0.25) is 10.2 Å². The molecule has 1 radical (unpaired) electrons. The Morgan fingerprint density at radius 1 is 0.597 bits per heavy atom. The van der Waals surface area contributed by atoms with E-state index >= 15 is 0 Å². The van der Waals surface area contributed by atoms with Crippen LogP contribution in [0.4, 0.5) is 55.3 Å². The first-order valence-corrected chi connectivity index (χ1v) is 17.6. The van der Waals surface area contributed by atoms with Crippen LogP contribution >= 0.6 is 23.2 Å². The molecule has 22 heteroatoms. The molecule has 2 heterocycles. The Morgan fingerprint density at radius 3 is 1.53 bits per heavy atom. The monoisotopic (exact) mass is 1000 g/mol. The number of hydrogen-bond donors (Lipinski definition) is 0. The molecule has 2 aromatic heterocycles. The second-order valence-electron chi connectivity index (χ2n) is 11.6. The Bertz CT molecular complexity index is 2730. The van der Waals surface area contributed by atoms with E-state index in [-0.39, 0.29) is 55.7 Å². The van der Waals surface area contributed by atoms with E-state index in [1.165, 1.54) is 26.4 Å². The fraction of sp³-hybridized carbons (Fsp3) is 0.0500. The van der Waals surface area contributed by atoms with Gasteiger partial charge in [-0.1, -0.05) is 30.3 Å². The average molecular weight is 1000 g/mol. The van der Waals surface area contributed by atoms with Gasteiger partial charge in [-0.3, -0.25) is 4.79 Å². The molecule has 0 fully saturated rings. The van der Waals surface area contributed by atoms with E-state index in [9.17, 15) is 53.5 Å². The number of ketones is 2. The van der Waals surface area contributed by atoms with Crippen LogP contribution in [0.15, 0.2) is 76.7 Å². The number of aliphatic imine (C=N–C) groups is 2. The minimum absolute atomic E-state index is 0. The number of Topliss-reactive ketones (excluding diaryl/α,β-unsaturated/α-hetero) is 2. The number of halogens is 12. The summed E-state index contributed by atoms with van der Waals surface area (Å²) < 4.78 is 145. The third kappa shape index (κ3) is 10.0. The summed E-state index contributed by atoms with van der Waals surface area (Å²) in [6, 6.07) is 18.2. The molecule has 0 atom stereocenters. The van der Waals surface area contributed by atoms with Gasteiger partial charge in [0.25, 0.3) is 0 Å². The number of carbonyl (C=O) groups is 2. The van der Waals surface area contributed by atoms with Crippen LogP contribution in [-0.4, -0.2) is 48.2 Å². The Balaban J connectivity index is 0.000000269. The van der Waals surface area contributed by atoms with Crippen LogP contribution in [-0.2, 0) is 32.5 Å². The molecule has 0 aliphatic heterocycles. The van der Waals surface area contributed by atoms with Gasteiger partial charge in [-0.15, -0.1) is 0 Å². The topological polar surface area (TPSA) is 103 Å². The summed E-state index contributed by atoms with van der Waals surface area (Å²) in [4.78, 5) is 39.7. The fourth-order valence-electron chi connectivity index (χ4n) is 5.14. The molecule has 4 aromatic carbocycles. The molecule has 0 amide bonds. The maximum atomic E-state index is 13.9. The van der Waals surface area contributed by atoms with Crippen molar-refractivity contribution in [2.75, 3.05) is 14.2 Å². The number of pyridine rings is 2. The number of hydrogen-bond acceptors (Lipinski definition) is 8. The molecule has 0 spiro atoms.